The Morgan fingerprint density at radius 1 is 1.12 bits per heavy atom. The molecule has 1 heterocycles. The van der Waals surface area contributed by atoms with Gasteiger partial charge in [-0.2, -0.15) is 5.10 Å². The summed E-state index contributed by atoms with van der Waals surface area (Å²) < 4.78 is 0. The van der Waals surface area contributed by atoms with Crippen molar-refractivity contribution in [1.82, 2.24) is 10.2 Å². The molecule has 0 aliphatic carbocycles. The molecule has 0 saturated heterocycles. The van der Waals surface area contributed by atoms with Gasteiger partial charge in [-0.1, -0.05) is 56.3 Å². The predicted molar refractivity (Wildman–Crippen MR) is 106 cm³/mol. The van der Waals surface area contributed by atoms with Gasteiger partial charge in [0.15, 0.2) is 0 Å². The third-order valence-corrected chi connectivity index (χ3v) is 4.72. The van der Waals surface area contributed by atoms with Gasteiger partial charge in [-0.3, -0.25) is 9.89 Å². The average Bonchev–Trinajstić information content (AvgIpc) is 3.09. The van der Waals surface area contributed by atoms with Crippen LogP contribution in [0.25, 0.3) is 23.1 Å². The molecule has 0 unspecified atom stereocenters. The molecule has 2 aromatic carbocycles. The van der Waals surface area contributed by atoms with Crippen LogP contribution in [-0.2, 0) is 4.79 Å². The van der Waals surface area contributed by atoms with E-state index in [0.29, 0.717) is 18.5 Å². The number of para-hydroxylation sites is 2. The van der Waals surface area contributed by atoms with Crippen LogP contribution in [0.5, 0.6) is 0 Å². The van der Waals surface area contributed by atoms with E-state index in [9.17, 15) is 9.90 Å². The Balaban J connectivity index is 1.87. The molecule has 0 aliphatic heterocycles. The highest BCUT2D eigenvalue weighted by Gasteiger charge is 2.31. The number of aromatic nitrogens is 2. The molecule has 3 N–H and O–H groups in total. The second-order valence-corrected chi connectivity index (χ2v) is 6.27. The van der Waals surface area contributed by atoms with Gasteiger partial charge in [-0.15, -0.1) is 0 Å². The summed E-state index contributed by atoms with van der Waals surface area (Å²) in [5.74, 6) is -0.381. The van der Waals surface area contributed by atoms with Crippen molar-refractivity contribution in [1.29, 1.82) is 0 Å². The molecule has 0 bridgehead atoms. The Morgan fingerprint density at radius 2 is 1.81 bits per heavy atom. The molecule has 0 aliphatic rings. The third-order valence-electron chi connectivity index (χ3n) is 4.72. The summed E-state index contributed by atoms with van der Waals surface area (Å²) in [6.45, 7) is 3.61. The Labute approximate surface area is 152 Å². The monoisotopic (exact) mass is 349 g/mol. The van der Waals surface area contributed by atoms with E-state index < -0.39 is 5.60 Å². The van der Waals surface area contributed by atoms with Crippen LogP contribution >= 0.6 is 0 Å². The number of nitrogens with zero attached hydrogens (tertiary/aromatic N) is 1. The summed E-state index contributed by atoms with van der Waals surface area (Å²) in [7, 11) is 0. The third kappa shape index (κ3) is 3.53. The normalized spacial score (nSPS) is 12.0. The van der Waals surface area contributed by atoms with E-state index in [0.717, 1.165) is 22.2 Å². The second kappa shape index (κ2) is 7.54. The minimum atomic E-state index is -1.35. The van der Waals surface area contributed by atoms with Gasteiger partial charge in [0, 0.05) is 11.1 Å². The number of aromatic amines is 1. The van der Waals surface area contributed by atoms with Gasteiger partial charge in [0.2, 0.25) is 0 Å². The van der Waals surface area contributed by atoms with Crippen LogP contribution in [0.1, 0.15) is 37.9 Å². The number of H-pyrrole nitrogens is 1. The summed E-state index contributed by atoms with van der Waals surface area (Å²) in [5, 5.41) is 21.6. The quantitative estimate of drug-likeness (QED) is 0.623. The maximum atomic E-state index is 12.5. The van der Waals surface area contributed by atoms with Crippen LogP contribution in [0.3, 0.4) is 0 Å². The van der Waals surface area contributed by atoms with Crippen LogP contribution in [0.4, 0.5) is 5.69 Å². The highest BCUT2D eigenvalue weighted by Crippen LogP contribution is 2.23. The second-order valence-electron chi connectivity index (χ2n) is 6.27. The molecule has 0 radical (unpaired) electrons. The first kappa shape index (κ1) is 17.9. The zero-order chi connectivity index (χ0) is 18.6. The molecule has 0 spiro atoms. The van der Waals surface area contributed by atoms with E-state index in [1.807, 2.05) is 60.7 Å². The summed E-state index contributed by atoms with van der Waals surface area (Å²) in [4.78, 5) is 12.5. The van der Waals surface area contributed by atoms with Crippen molar-refractivity contribution in [3.05, 3.63) is 59.8 Å². The molecule has 26 heavy (non-hydrogen) atoms. The van der Waals surface area contributed by atoms with Crippen molar-refractivity contribution >= 4 is 34.6 Å². The van der Waals surface area contributed by atoms with Crippen molar-refractivity contribution in [2.75, 3.05) is 5.32 Å². The number of rotatable bonds is 6. The first-order valence-electron chi connectivity index (χ1n) is 8.81. The molecule has 5 heteroatoms. The highest BCUT2D eigenvalue weighted by atomic mass is 16.3. The van der Waals surface area contributed by atoms with E-state index >= 15 is 0 Å². The smallest absolute Gasteiger partial charge is 0.256 e. The molecular formula is C21H23N3O2. The van der Waals surface area contributed by atoms with E-state index in [1.165, 1.54) is 0 Å². The van der Waals surface area contributed by atoms with Crippen LogP contribution < -0.4 is 5.32 Å². The number of hydrogen-bond acceptors (Lipinski definition) is 3. The maximum Gasteiger partial charge on any atom is 0.256 e. The Hall–Kier alpha value is -2.92. The number of aliphatic hydroxyl groups is 1. The number of carbonyl (C=O) groups excluding carboxylic acids is 1. The lowest BCUT2D eigenvalue weighted by atomic mass is 9.96. The van der Waals surface area contributed by atoms with Gasteiger partial charge in [-0.25, -0.2) is 0 Å². The molecular weight excluding hydrogens is 326 g/mol. The van der Waals surface area contributed by atoms with Crippen LogP contribution in [0, 0.1) is 0 Å². The van der Waals surface area contributed by atoms with Gasteiger partial charge >= 0.3 is 0 Å². The molecule has 1 amide bonds. The molecule has 3 rings (SSSR count). The number of benzene rings is 2. The molecule has 3 aromatic rings. The SMILES string of the molecule is CCC(O)(CC)C(=O)Nc1ccccc1C=Cc1n[nH]c2ccccc12. The summed E-state index contributed by atoms with van der Waals surface area (Å²) >= 11 is 0. The summed E-state index contributed by atoms with van der Waals surface area (Å²) in [5.41, 5.74) is 1.97. The Morgan fingerprint density at radius 3 is 2.58 bits per heavy atom. The number of nitrogens with one attached hydrogen (secondary N) is 2. The van der Waals surface area contributed by atoms with Gasteiger partial charge in [0.1, 0.15) is 5.60 Å². The van der Waals surface area contributed by atoms with Crippen molar-refractivity contribution < 1.29 is 9.90 Å². The van der Waals surface area contributed by atoms with E-state index in [1.54, 1.807) is 13.8 Å². The highest BCUT2D eigenvalue weighted by molar-refractivity contribution is 5.99. The van der Waals surface area contributed by atoms with Gasteiger partial charge in [0.25, 0.3) is 5.91 Å². The van der Waals surface area contributed by atoms with Crippen molar-refractivity contribution in [3.8, 4) is 0 Å². The number of amides is 1. The van der Waals surface area contributed by atoms with Gasteiger partial charge in [0.05, 0.1) is 11.2 Å². The van der Waals surface area contributed by atoms with E-state index in [-0.39, 0.29) is 5.91 Å². The topological polar surface area (TPSA) is 78.0 Å². The Bertz CT molecular complexity index is 939. The lowest BCUT2D eigenvalue weighted by Gasteiger charge is -2.24. The van der Waals surface area contributed by atoms with Crippen molar-refractivity contribution in [3.63, 3.8) is 0 Å². The van der Waals surface area contributed by atoms with Crippen LogP contribution in [-0.4, -0.2) is 26.8 Å². The van der Waals surface area contributed by atoms with Crippen LogP contribution in [0.2, 0.25) is 0 Å². The zero-order valence-corrected chi connectivity index (χ0v) is 15.0. The lowest BCUT2D eigenvalue weighted by molar-refractivity contribution is -0.134. The minimum Gasteiger partial charge on any atom is -0.380 e. The fraction of sp³-hybridized carbons (Fsp3) is 0.238. The van der Waals surface area contributed by atoms with Crippen molar-refractivity contribution in [2.24, 2.45) is 0 Å². The number of hydrogen-bond donors (Lipinski definition) is 3. The predicted octanol–water partition coefficient (Wildman–Crippen LogP) is 4.22. The maximum absolute atomic E-state index is 12.5. The Kier molecular flexibility index (Phi) is 5.19. The minimum absolute atomic E-state index is 0.368. The van der Waals surface area contributed by atoms with Crippen molar-refractivity contribution in [2.45, 2.75) is 32.3 Å². The molecule has 5 nitrogen and oxygen atoms in total. The zero-order valence-electron chi connectivity index (χ0n) is 15.0. The summed E-state index contributed by atoms with van der Waals surface area (Å²) in [6.07, 6.45) is 4.56. The molecule has 134 valence electrons. The van der Waals surface area contributed by atoms with Crippen LogP contribution in [0.15, 0.2) is 48.5 Å². The van der Waals surface area contributed by atoms with E-state index in [2.05, 4.69) is 15.5 Å². The largest absolute Gasteiger partial charge is 0.380 e. The standard InChI is InChI=1S/C21H23N3O2/c1-3-21(26,4-2)20(25)22-17-11-7-5-9-15(17)13-14-19-16-10-6-8-12-18(16)23-24-19/h5-14,26H,3-4H2,1-2H3,(H,22,25)(H,23,24). The fourth-order valence-electron chi connectivity index (χ4n) is 2.85. The number of anilines is 1. The van der Waals surface area contributed by atoms with E-state index in [4.69, 9.17) is 0 Å². The number of carbonyl (C=O) groups is 1. The summed E-state index contributed by atoms with van der Waals surface area (Å²) in [6, 6.07) is 15.4. The molecule has 0 atom stereocenters. The first-order chi connectivity index (χ1) is 12.6. The van der Waals surface area contributed by atoms with Gasteiger partial charge in [-0.05, 0) is 36.6 Å². The van der Waals surface area contributed by atoms with Gasteiger partial charge < -0.3 is 10.4 Å². The average molecular weight is 349 g/mol. The fourth-order valence-corrected chi connectivity index (χ4v) is 2.85. The molecule has 0 fully saturated rings. The first-order valence-corrected chi connectivity index (χ1v) is 8.81. The lowest BCUT2D eigenvalue weighted by Crippen LogP contribution is -2.41. The molecule has 0 saturated carbocycles. The number of fused-ring (bicyclic) bond motifs is 1. The molecule has 1 aromatic heterocycles.